The molecule has 4 rings (SSSR count). The minimum Gasteiger partial charge on any atom is -0.493 e. The van der Waals surface area contributed by atoms with Gasteiger partial charge >= 0.3 is 5.97 Å². The summed E-state index contributed by atoms with van der Waals surface area (Å²) in [6, 6.07) is 11.3. The van der Waals surface area contributed by atoms with Crippen molar-refractivity contribution >= 4 is 39.6 Å². The summed E-state index contributed by atoms with van der Waals surface area (Å²) in [4.78, 5) is 23.4. The maximum atomic E-state index is 12.1. The maximum Gasteiger partial charge on any atom is 0.339 e. The highest BCUT2D eigenvalue weighted by atomic mass is 32.1. The van der Waals surface area contributed by atoms with Gasteiger partial charge in [-0.3, -0.25) is 0 Å². The van der Waals surface area contributed by atoms with E-state index in [1.54, 1.807) is 19.4 Å². The second kappa shape index (κ2) is 10.7. The van der Waals surface area contributed by atoms with Gasteiger partial charge in [-0.1, -0.05) is 26.8 Å². The lowest BCUT2D eigenvalue weighted by molar-refractivity contribution is 0.0697. The Kier molecular flexibility index (Phi) is 7.61. The molecule has 2 N–H and O–H groups in total. The summed E-state index contributed by atoms with van der Waals surface area (Å²) in [5.74, 6) is 0.523. The molecule has 0 atom stereocenters. The van der Waals surface area contributed by atoms with Gasteiger partial charge in [-0.15, -0.1) is 22.7 Å². The number of aromatic nitrogens is 2. The lowest BCUT2D eigenvalue weighted by Gasteiger charge is -2.17. The summed E-state index contributed by atoms with van der Waals surface area (Å²) in [5, 5.41) is 15.6. The predicted molar refractivity (Wildman–Crippen MR) is 146 cm³/mol. The first-order chi connectivity index (χ1) is 17.2. The van der Waals surface area contributed by atoms with E-state index in [0.717, 1.165) is 33.0 Å². The Morgan fingerprint density at radius 3 is 2.58 bits per heavy atom. The monoisotopic (exact) mass is 523 g/mol. The summed E-state index contributed by atoms with van der Waals surface area (Å²) in [6.07, 6.45) is 2.48. The summed E-state index contributed by atoms with van der Waals surface area (Å²) < 4.78 is 11.2. The zero-order chi connectivity index (χ0) is 25.9. The number of thiazole rings is 1. The zero-order valence-corrected chi connectivity index (χ0v) is 22.5. The van der Waals surface area contributed by atoms with E-state index in [4.69, 9.17) is 14.5 Å². The third-order valence-corrected chi connectivity index (χ3v) is 7.16. The number of hydrogen-bond acceptors (Lipinski definition) is 8. The number of rotatable bonds is 9. The van der Waals surface area contributed by atoms with E-state index in [1.807, 2.05) is 42.6 Å². The fourth-order valence-corrected chi connectivity index (χ4v) is 5.72. The van der Waals surface area contributed by atoms with Crippen LogP contribution in [0.2, 0.25) is 0 Å². The minimum atomic E-state index is -1.05. The molecular formula is C27H29N3O4S2. The second-order valence-corrected chi connectivity index (χ2v) is 11.4. The zero-order valence-electron chi connectivity index (χ0n) is 20.9. The molecule has 0 radical (unpaired) electrons. The summed E-state index contributed by atoms with van der Waals surface area (Å²) in [6.45, 7) is 8.98. The van der Waals surface area contributed by atoms with Gasteiger partial charge in [-0.25, -0.2) is 14.8 Å². The van der Waals surface area contributed by atoms with Gasteiger partial charge in [-0.2, -0.15) is 0 Å². The normalized spacial score (nSPS) is 11.4. The first kappa shape index (κ1) is 25.7. The molecule has 1 aromatic carbocycles. The van der Waals surface area contributed by atoms with Gasteiger partial charge in [0.1, 0.15) is 11.4 Å². The van der Waals surface area contributed by atoms with Crippen molar-refractivity contribution in [1.82, 2.24) is 9.97 Å². The van der Waals surface area contributed by atoms with Crippen molar-refractivity contribution in [1.29, 1.82) is 0 Å². The van der Waals surface area contributed by atoms with Crippen molar-refractivity contribution in [2.75, 3.05) is 19.0 Å². The van der Waals surface area contributed by atoms with Crippen molar-refractivity contribution in [2.24, 2.45) is 5.41 Å². The van der Waals surface area contributed by atoms with Gasteiger partial charge in [0.2, 0.25) is 0 Å². The molecule has 4 aromatic rings. The number of carboxylic acids is 1. The molecule has 0 saturated carbocycles. The third-order valence-electron chi connectivity index (χ3n) is 5.27. The summed E-state index contributed by atoms with van der Waals surface area (Å²) in [7, 11) is 1.62. The molecule has 3 aromatic heterocycles. The van der Waals surface area contributed by atoms with Crippen LogP contribution >= 0.6 is 22.7 Å². The molecule has 0 unspecified atom stereocenters. The molecule has 3 heterocycles. The number of pyridine rings is 1. The van der Waals surface area contributed by atoms with Gasteiger partial charge in [0, 0.05) is 27.1 Å². The molecule has 0 saturated heterocycles. The first-order valence-electron chi connectivity index (χ1n) is 11.5. The Bertz CT molecular complexity index is 1360. The Hall–Kier alpha value is -3.43. The number of aromatic carboxylic acids is 1. The smallest absolute Gasteiger partial charge is 0.339 e. The fraction of sp³-hybridized carbons (Fsp3) is 0.296. The molecule has 0 bridgehead atoms. The largest absolute Gasteiger partial charge is 0.493 e. The van der Waals surface area contributed by atoms with Crippen LogP contribution in [0.1, 0.15) is 42.9 Å². The Morgan fingerprint density at radius 2 is 1.94 bits per heavy atom. The number of hydrogen-bond donors (Lipinski definition) is 2. The van der Waals surface area contributed by atoms with Crippen LogP contribution in [0, 0.1) is 5.41 Å². The molecule has 0 spiro atoms. The summed E-state index contributed by atoms with van der Waals surface area (Å²) in [5.41, 5.74) is 2.62. The molecular weight excluding hydrogens is 494 g/mol. The number of nitrogens with zero attached hydrogens (tertiary/aromatic N) is 2. The van der Waals surface area contributed by atoms with Crippen molar-refractivity contribution in [2.45, 2.75) is 34.1 Å². The molecule has 7 nitrogen and oxygen atoms in total. The third kappa shape index (κ3) is 5.85. The number of benzene rings is 1. The highest BCUT2D eigenvalue weighted by molar-refractivity contribution is 7.16. The number of carboxylic acid groups (broad SMARTS) is 1. The molecule has 0 amide bonds. The average Bonchev–Trinajstić information content (AvgIpc) is 3.49. The molecule has 0 aliphatic carbocycles. The van der Waals surface area contributed by atoms with Gasteiger partial charge in [-0.05, 0) is 54.5 Å². The topological polar surface area (TPSA) is 93.6 Å². The predicted octanol–water partition coefficient (Wildman–Crippen LogP) is 7.37. The summed E-state index contributed by atoms with van der Waals surface area (Å²) >= 11 is 3.04. The van der Waals surface area contributed by atoms with E-state index < -0.39 is 5.97 Å². The van der Waals surface area contributed by atoms with E-state index in [9.17, 15) is 9.90 Å². The Labute approximate surface area is 218 Å². The number of nitrogens with one attached hydrogen (secondary N) is 1. The van der Waals surface area contributed by atoms with Crippen molar-refractivity contribution < 1.29 is 19.4 Å². The molecule has 188 valence electrons. The molecule has 0 fully saturated rings. The lowest BCUT2D eigenvalue weighted by atomic mass is 9.90. The van der Waals surface area contributed by atoms with E-state index in [2.05, 4.69) is 31.1 Å². The number of ether oxygens (including phenoxy) is 2. The molecule has 0 aliphatic rings. The quantitative estimate of drug-likeness (QED) is 0.236. The van der Waals surface area contributed by atoms with Crippen LogP contribution in [0.25, 0.3) is 21.7 Å². The molecule has 0 aliphatic heterocycles. The van der Waals surface area contributed by atoms with Gasteiger partial charge < -0.3 is 19.9 Å². The average molecular weight is 524 g/mol. The van der Waals surface area contributed by atoms with Crippen LogP contribution in [0.4, 0.5) is 10.9 Å². The van der Waals surface area contributed by atoms with Crippen LogP contribution in [0.5, 0.6) is 11.5 Å². The van der Waals surface area contributed by atoms with Crippen LogP contribution in [0.3, 0.4) is 0 Å². The Balaban J connectivity index is 1.74. The lowest BCUT2D eigenvalue weighted by Crippen LogP contribution is -2.08. The van der Waals surface area contributed by atoms with Gasteiger partial charge in [0.15, 0.2) is 16.6 Å². The van der Waals surface area contributed by atoms with Crippen LogP contribution in [-0.2, 0) is 6.42 Å². The first-order valence-corrected chi connectivity index (χ1v) is 13.2. The SMILES string of the molecule is CCOc1cc(-c2nc(Nc3ncc(-c4cccs4)cc3C(=O)O)sc2CC(C)(C)C)ccc1OC. The van der Waals surface area contributed by atoms with Gasteiger partial charge in [0.05, 0.1) is 19.4 Å². The van der Waals surface area contributed by atoms with E-state index in [-0.39, 0.29) is 16.8 Å². The van der Waals surface area contributed by atoms with Crippen molar-refractivity contribution in [3.8, 4) is 33.2 Å². The van der Waals surface area contributed by atoms with Gasteiger partial charge in [0.25, 0.3) is 0 Å². The number of thiophene rings is 1. The van der Waals surface area contributed by atoms with Crippen LogP contribution in [-0.4, -0.2) is 34.8 Å². The highest BCUT2D eigenvalue weighted by Gasteiger charge is 2.22. The van der Waals surface area contributed by atoms with Crippen molar-refractivity contribution in [3.05, 3.63) is 58.4 Å². The van der Waals surface area contributed by atoms with E-state index >= 15 is 0 Å². The minimum absolute atomic E-state index is 0.0284. The fourth-order valence-electron chi connectivity index (χ4n) is 3.73. The number of anilines is 2. The van der Waals surface area contributed by atoms with E-state index in [0.29, 0.717) is 23.2 Å². The van der Waals surface area contributed by atoms with E-state index in [1.165, 1.54) is 22.7 Å². The highest BCUT2D eigenvalue weighted by Crippen LogP contribution is 2.40. The van der Waals surface area contributed by atoms with Crippen molar-refractivity contribution in [3.63, 3.8) is 0 Å². The standard InChI is InChI=1S/C27H29N3O4S2/c1-6-34-20-13-16(9-10-19(20)33-5)23-22(14-27(2,3)4)36-26(29-23)30-24-18(25(31)32)12-17(15-28-24)21-8-7-11-35-21/h7-13,15H,6,14H2,1-5H3,(H,31,32)(H,28,29,30). The Morgan fingerprint density at radius 1 is 1.14 bits per heavy atom. The van der Waals surface area contributed by atoms with Crippen LogP contribution < -0.4 is 14.8 Å². The number of methoxy groups -OCH3 is 1. The molecule has 36 heavy (non-hydrogen) atoms. The van der Waals surface area contributed by atoms with Crippen LogP contribution in [0.15, 0.2) is 48.0 Å². The number of carbonyl (C=O) groups is 1. The second-order valence-electron chi connectivity index (χ2n) is 9.35. The molecule has 9 heteroatoms. The maximum absolute atomic E-state index is 12.1.